The zero-order chi connectivity index (χ0) is 18.7. The van der Waals surface area contributed by atoms with Crippen LogP contribution in [0.1, 0.15) is 18.4 Å². The van der Waals surface area contributed by atoms with E-state index in [0.717, 1.165) is 12.1 Å². The molecule has 0 radical (unpaired) electrons. The molecule has 0 spiro atoms. The zero-order valence-corrected chi connectivity index (χ0v) is 15.3. The van der Waals surface area contributed by atoms with Crippen molar-refractivity contribution in [1.29, 1.82) is 0 Å². The number of hydrogen-bond donors (Lipinski definition) is 0. The highest BCUT2D eigenvalue weighted by molar-refractivity contribution is 7.88. The van der Waals surface area contributed by atoms with Gasteiger partial charge in [0, 0.05) is 31.1 Å². The molecule has 0 bridgehead atoms. The van der Waals surface area contributed by atoms with E-state index in [1.165, 1.54) is 16.7 Å². The van der Waals surface area contributed by atoms with Crippen LogP contribution in [0.2, 0.25) is 5.02 Å². The summed E-state index contributed by atoms with van der Waals surface area (Å²) in [5, 5.41) is 0.350. The van der Waals surface area contributed by atoms with Gasteiger partial charge in [-0.05, 0) is 30.5 Å². The van der Waals surface area contributed by atoms with Gasteiger partial charge >= 0.3 is 0 Å². The van der Waals surface area contributed by atoms with Gasteiger partial charge in [-0.25, -0.2) is 17.2 Å². The molecule has 1 fully saturated rings. The van der Waals surface area contributed by atoms with Crippen LogP contribution in [0.15, 0.2) is 36.7 Å². The number of rotatable bonds is 5. The number of piperidine rings is 1. The minimum Gasteiger partial charge on any atom is -0.487 e. The topological polar surface area (TPSA) is 59.5 Å². The van der Waals surface area contributed by atoms with Gasteiger partial charge in [0.2, 0.25) is 10.0 Å². The number of aromatic nitrogens is 1. The molecule has 1 unspecified atom stereocenters. The summed E-state index contributed by atoms with van der Waals surface area (Å²) in [4.78, 5) is 3.87. The van der Waals surface area contributed by atoms with Gasteiger partial charge in [0.1, 0.15) is 28.5 Å². The third kappa shape index (κ3) is 4.69. The Hall–Kier alpha value is -1.77. The molecule has 9 heteroatoms. The number of pyridine rings is 1. The van der Waals surface area contributed by atoms with E-state index in [9.17, 15) is 17.2 Å². The highest BCUT2D eigenvalue weighted by Crippen LogP contribution is 2.27. The molecule has 0 saturated carbocycles. The van der Waals surface area contributed by atoms with E-state index in [1.54, 1.807) is 6.07 Å². The maximum atomic E-state index is 13.3. The molecule has 0 N–H and O–H groups in total. The molecule has 1 saturated heterocycles. The van der Waals surface area contributed by atoms with Crippen molar-refractivity contribution in [2.24, 2.45) is 0 Å². The van der Waals surface area contributed by atoms with E-state index < -0.39 is 27.4 Å². The standard InChI is InChI=1S/C17H17ClF2N2O3S/c18-16-9-21-4-3-17(16)25-15-2-1-5-22(10-15)26(23,24)11-12-6-13(19)8-14(20)7-12/h3-4,6-9,15H,1-2,5,10-11H2. The number of hydrogen-bond acceptors (Lipinski definition) is 4. The van der Waals surface area contributed by atoms with Crippen LogP contribution in [-0.2, 0) is 15.8 Å². The number of sulfonamides is 1. The Bertz CT molecular complexity index is 875. The summed E-state index contributed by atoms with van der Waals surface area (Å²) in [6, 6.07) is 4.37. The highest BCUT2D eigenvalue weighted by atomic mass is 35.5. The van der Waals surface area contributed by atoms with E-state index in [4.69, 9.17) is 16.3 Å². The van der Waals surface area contributed by atoms with Crippen LogP contribution in [0.3, 0.4) is 0 Å². The minimum absolute atomic E-state index is 0.0720. The number of benzene rings is 1. The molecule has 1 atom stereocenters. The minimum atomic E-state index is -3.73. The maximum absolute atomic E-state index is 13.3. The lowest BCUT2D eigenvalue weighted by Gasteiger charge is -2.32. The fourth-order valence-corrected chi connectivity index (χ4v) is 4.62. The van der Waals surface area contributed by atoms with Gasteiger partial charge < -0.3 is 4.74 Å². The first-order valence-electron chi connectivity index (χ1n) is 8.02. The first kappa shape index (κ1) is 19.0. The second-order valence-corrected chi connectivity index (χ2v) is 8.46. The van der Waals surface area contributed by atoms with Crippen molar-refractivity contribution < 1.29 is 21.9 Å². The summed E-state index contributed by atoms with van der Waals surface area (Å²) in [6.07, 6.45) is 3.93. The average molecular weight is 403 g/mol. The van der Waals surface area contributed by atoms with Gasteiger partial charge in [-0.1, -0.05) is 11.6 Å². The zero-order valence-electron chi connectivity index (χ0n) is 13.7. The number of ether oxygens (including phenoxy) is 1. The molecule has 1 aromatic heterocycles. The monoisotopic (exact) mass is 402 g/mol. The third-order valence-corrected chi connectivity index (χ3v) is 6.13. The van der Waals surface area contributed by atoms with E-state index in [2.05, 4.69) is 4.98 Å². The summed E-state index contributed by atoms with van der Waals surface area (Å²) in [5.74, 6) is -1.63. The third-order valence-electron chi connectivity index (χ3n) is 4.03. The summed E-state index contributed by atoms with van der Waals surface area (Å²) >= 11 is 6.02. The van der Waals surface area contributed by atoms with Crippen molar-refractivity contribution in [1.82, 2.24) is 9.29 Å². The first-order chi connectivity index (χ1) is 12.3. The summed E-state index contributed by atoms with van der Waals surface area (Å²) in [5.41, 5.74) is 0.0720. The van der Waals surface area contributed by atoms with Gasteiger partial charge in [0.15, 0.2) is 0 Å². The molecule has 0 aliphatic carbocycles. The molecule has 1 aliphatic heterocycles. The molecule has 2 aromatic rings. The first-order valence-corrected chi connectivity index (χ1v) is 10.0. The number of nitrogens with zero attached hydrogens (tertiary/aromatic N) is 2. The van der Waals surface area contributed by atoms with E-state index in [1.807, 2.05) is 0 Å². The Morgan fingerprint density at radius 3 is 2.69 bits per heavy atom. The summed E-state index contributed by atoms with van der Waals surface area (Å²) in [6.45, 7) is 0.489. The SMILES string of the molecule is O=S(=O)(Cc1cc(F)cc(F)c1)N1CCCC(Oc2ccncc2Cl)C1. The van der Waals surface area contributed by atoms with Crippen molar-refractivity contribution in [2.45, 2.75) is 24.7 Å². The van der Waals surface area contributed by atoms with Crippen LogP contribution < -0.4 is 4.74 Å². The Morgan fingerprint density at radius 2 is 2.00 bits per heavy atom. The van der Waals surface area contributed by atoms with Crippen molar-refractivity contribution in [3.8, 4) is 5.75 Å². The van der Waals surface area contributed by atoms with Crippen LogP contribution in [-0.4, -0.2) is 36.9 Å². The van der Waals surface area contributed by atoms with Crippen LogP contribution in [0.5, 0.6) is 5.75 Å². The second kappa shape index (κ2) is 7.85. The lowest BCUT2D eigenvalue weighted by atomic mass is 10.1. The fourth-order valence-electron chi connectivity index (χ4n) is 2.89. The lowest BCUT2D eigenvalue weighted by molar-refractivity contribution is 0.129. The predicted molar refractivity (Wildman–Crippen MR) is 93.5 cm³/mol. The Morgan fingerprint density at radius 1 is 1.27 bits per heavy atom. The van der Waals surface area contributed by atoms with E-state index in [0.29, 0.717) is 36.2 Å². The fraction of sp³-hybridized carbons (Fsp3) is 0.353. The summed E-state index contributed by atoms with van der Waals surface area (Å²) < 4.78 is 59.0. The maximum Gasteiger partial charge on any atom is 0.218 e. The quantitative estimate of drug-likeness (QED) is 0.769. The second-order valence-electron chi connectivity index (χ2n) is 6.08. The smallest absolute Gasteiger partial charge is 0.218 e. The van der Waals surface area contributed by atoms with Gasteiger partial charge in [-0.15, -0.1) is 0 Å². The van der Waals surface area contributed by atoms with E-state index in [-0.39, 0.29) is 18.2 Å². The average Bonchev–Trinajstić information content (AvgIpc) is 2.56. The molecule has 140 valence electrons. The van der Waals surface area contributed by atoms with Crippen LogP contribution in [0, 0.1) is 11.6 Å². The molecule has 1 aliphatic rings. The van der Waals surface area contributed by atoms with Crippen LogP contribution in [0.25, 0.3) is 0 Å². The normalized spacial score (nSPS) is 18.7. The number of halogens is 3. The Balaban J connectivity index is 1.70. The summed E-state index contributed by atoms with van der Waals surface area (Å²) in [7, 11) is -3.73. The highest BCUT2D eigenvalue weighted by Gasteiger charge is 2.30. The Labute approximate surface area is 155 Å². The van der Waals surface area contributed by atoms with Crippen molar-refractivity contribution in [3.63, 3.8) is 0 Å². The lowest BCUT2D eigenvalue weighted by Crippen LogP contribution is -2.44. The van der Waals surface area contributed by atoms with Crippen LogP contribution >= 0.6 is 11.6 Å². The molecular formula is C17H17ClF2N2O3S. The predicted octanol–water partition coefficient (Wildman–Crippen LogP) is 3.39. The molecule has 2 heterocycles. The molecule has 0 amide bonds. The largest absolute Gasteiger partial charge is 0.487 e. The van der Waals surface area contributed by atoms with Crippen molar-refractivity contribution in [3.05, 3.63) is 58.9 Å². The molecule has 26 heavy (non-hydrogen) atoms. The van der Waals surface area contributed by atoms with Crippen molar-refractivity contribution >= 4 is 21.6 Å². The van der Waals surface area contributed by atoms with E-state index >= 15 is 0 Å². The molecule has 3 rings (SSSR count). The van der Waals surface area contributed by atoms with Crippen molar-refractivity contribution in [2.75, 3.05) is 13.1 Å². The molecule has 5 nitrogen and oxygen atoms in total. The molecular weight excluding hydrogens is 386 g/mol. The Kier molecular flexibility index (Phi) is 5.74. The van der Waals surface area contributed by atoms with Gasteiger partial charge in [0.25, 0.3) is 0 Å². The van der Waals surface area contributed by atoms with Gasteiger partial charge in [-0.3, -0.25) is 4.98 Å². The molecule has 1 aromatic carbocycles. The van der Waals surface area contributed by atoms with Gasteiger partial charge in [-0.2, -0.15) is 4.31 Å². The van der Waals surface area contributed by atoms with Gasteiger partial charge in [0.05, 0.1) is 12.3 Å². The van der Waals surface area contributed by atoms with Crippen LogP contribution in [0.4, 0.5) is 8.78 Å².